The number of carbonyl (C=O) groups excluding carboxylic acids is 1. The largest absolute Gasteiger partial charge is 0.356 e. The molecule has 1 saturated heterocycles. The van der Waals surface area contributed by atoms with Crippen molar-refractivity contribution in [2.75, 3.05) is 24.5 Å². The molecule has 140 valence electrons. The number of aromatic nitrogens is 2. The quantitative estimate of drug-likeness (QED) is 0.853. The molecule has 0 unspecified atom stereocenters. The maximum atomic E-state index is 13.8. The number of halogens is 2. The van der Waals surface area contributed by atoms with Crippen LogP contribution < -0.4 is 10.2 Å². The number of carbonyl (C=O) groups is 1. The van der Waals surface area contributed by atoms with Gasteiger partial charge in [-0.05, 0) is 30.9 Å². The molecule has 0 aliphatic carbocycles. The van der Waals surface area contributed by atoms with Crippen molar-refractivity contribution >= 4 is 23.3 Å². The van der Waals surface area contributed by atoms with Gasteiger partial charge in [-0.1, -0.05) is 17.7 Å². The highest BCUT2D eigenvalue weighted by atomic mass is 35.5. The van der Waals surface area contributed by atoms with E-state index >= 15 is 0 Å². The minimum Gasteiger partial charge on any atom is -0.356 e. The highest BCUT2D eigenvalue weighted by Crippen LogP contribution is 2.23. The third kappa shape index (κ3) is 4.72. The highest BCUT2D eigenvalue weighted by Gasteiger charge is 2.23. The molecular formula is C19H19ClFN5O. The first kappa shape index (κ1) is 19.1. The number of nitrogens with zero attached hydrogens (tertiary/aromatic N) is 4. The highest BCUT2D eigenvalue weighted by molar-refractivity contribution is 6.31. The van der Waals surface area contributed by atoms with Crippen LogP contribution in [0, 0.1) is 23.1 Å². The van der Waals surface area contributed by atoms with E-state index in [1.54, 1.807) is 12.3 Å². The van der Waals surface area contributed by atoms with Gasteiger partial charge >= 0.3 is 0 Å². The van der Waals surface area contributed by atoms with Crippen LogP contribution in [0.15, 0.2) is 30.6 Å². The van der Waals surface area contributed by atoms with Crippen molar-refractivity contribution in [3.63, 3.8) is 0 Å². The van der Waals surface area contributed by atoms with Gasteiger partial charge in [0.2, 0.25) is 5.91 Å². The van der Waals surface area contributed by atoms with Gasteiger partial charge in [0.25, 0.3) is 0 Å². The average Bonchev–Trinajstić information content (AvgIpc) is 2.69. The minimum absolute atomic E-state index is 0.0739. The number of rotatable bonds is 5. The van der Waals surface area contributed by atoms with Crippen molar-refractivity contribution in [2.24, 2.45) is 5.92 Å². The van der Waals surface area contributed by atoms with Crippen molar-refractivity contribution in [3.8, 4) is 6.07 Å². The van der Waals surface area contributed by atoms with E-state index in [0.717, 1.165) is 25.9 Å². The van der Waals surface area contributed by atoms with Gasteiger partial charge in [-0.15, -0.1) is 0 Å². The number of hydrogen-bond donors (Lipinski definition) is 1. The number of amides is 1. The molecule has 1 aliphatic rings. The van der Waals surface area contributed by atoms with Crippen LogP contribution in [0.4, 0.5) is 10.2 Å². The second kappa shape index (κ2) is 8.78. The van der Waals surface area contributed by atoms with Crippen LogP contribution in [0.3, 0.4) is 0 Å². The molecule has 1 aromatic heterocycles. The first-order valence-corrected chi connectivity index (χ1v) is 9.12. The van der Waals surface area contributed by atoms with Crippen LogP contribution in [0.25, 0.3) is 0 Å². The summed E-state index contributed by atoms with van der Waals surface area (Å²) in [6, 6.07) is 6.45. The number of piperidine rings is 1. The predicted molar refractivity (Wildman–Crippen MR) is 99.8 cm³/mol. The van der Waals surface area contributed by atoms with Crippen molar-refractivity contribution in [1.29, 1.82) is 5.26 Å². The summed E-state index contributed by atoms with van der Waals surface area (Å²) in [6.07, 6.45) is 4.74. The lowest BCUT2D eigenvalue weighted by Crippen LogP contribution is -2.39. The number of hydrogen-bond acceptors (Lipinski definition) is 5. The van der Waals surface area contributed by atoms with Gasteiger partial charge < -0.3 is 10.2 Å². The molecule has 0 saturated carbocycles. The molecular weight excluding hydrogens is 369 g/mol. The van der Waals surface area contributed by atoms with E-state index < -0.39 is 5.82 Å². The first-order valence-electron chi connectivity index (χ1n) is 8.74. The van der Waals surface area contributed by atoms with Gasteiger partial charge in [0.15, 0.2) is 11.5 Å². The Bertz CT molecular complexity index is 841. The van der Waals surface area contributed by atoms with Gasteiger partial charge in [-0.3, -0.25) is 4.79 Å². The standard InChI is InChI=1S/C19H19ClFN5O/c20-15-2-1-3-16(21)14(15)10-18(27)25-12-13-4-8-26(9-5-13)19-17(11-22)23-6-7-24-19/h1-3,6-7,13H,4-5,8-10,12H2,(H,25,27). The molecule has 1 fully saturated rings. The lowest BCUT2D eigenvalue weighted by molar-refractivity contribution is -0.120. The Morgan fingerprint density at radius 1 is 1.33 bits per heavy atom. The molecule has 2 aromatic rings. The van der Waals surface area contributed by atoms with E-state index in [9.17, 15) is 9.18 Å². The zero-order valence-corrected chi connectivity index (χ0v) is 15.4. The fourth-order valence-electron chi connectivity index (χ4n) is 3.17. The SMILES string of the molecule is N#Cc1nccnc1N1CCC(CNC(=O)Cc2c(F)cccc2Cl)CC1. The fourth-order valence-corrected chi connectivity index (χ4v) is 3.40. The van der Waals surface area contributed by atoms with E-state index in [0.29, 0.717) is 24.0 Å². The summed E-state index contributed by atoms with van der Waals surface area (Å²) < 4.78 is 13.8. The number of nitrogens with one attached hydrogen (secondary N) is 1. The second-order valence-corrected chi connectivity index (χ2v) is 6.86. The Morgan fingerprint density at radius 2 is 2.07 bits per heavy atom. The third-order valence-electron chi connectivity index (χ3n) is 4.69. The van der Waals surface area contributed by atoms with Gasteiger partial charge in [0, 0.05) is 42.6 Å². The summed E-state index contributed by atoms with van der Waals surface area (Å²) in [7, 11) is 0. The number of benzene rings is 1. The molecule has 3 rings (SSSR count). The summed E-state index contributed by atoms with van der Waals surface area (Å²) >= 11 is 5.96. The van der Waals surface area contributed by atoms with Gasteiger partial charge in [0.1, 0.15) is 11.9 Å². The van der Waals surface area contributed by atoms with Crippen LogP contribution in [0.1, 0.15) is 24.1 Å². The van der Waals surface area contributed by atoms with E-state index in [1.807, 2.05) is 4.90 Å². The minimum atomic E-state index is -0.469. The lowest BCUT2D eigenvalue weighted by Gasteiger charge is -2.32. The van der Waals surface area contributed by atoms with E-state index in [-0.39, 0.29) is 22.9 Å². The van der Waals surface area contributed by atoms with Crippen molar-refractivity contribution in [3.05, 3.63) is 52.7 Å². The Hall–Kier alpha value is -2.72. The Kier molecular flexibility index (Phi) is 6.20. The average molecular weight is 388 g/mol. The monoisotopic (exact) mass is 387 g/mol. The maximum absolute atomic E-state index is 13.8. The van der Waals surface area contributed by atoms with Crippen LogP contribution in [0.5, 0.6) is 0 Å². The third-order valence-corrected chi connectivity index (χ3v) is 5.04. The Labute approximate surface area is 162 Å². The molecule has 2 heterocycles. The first-order chi connectivity index (χ1) is 13.1. The van der Waals surface area contributed by atoms with Gasteiger partial charge in [-0.25, -0.2) is 14.4 Å². The van der Waals surface area contributed by atoms with E-state index in [1.165, 1.54) is 18.3 Å². The zero-order valence-electron chi connectivity index (χ0n) is 14.7. The van der Waals surface area contributed by atoms with Gasteiger partial charge in [-0.2, -0.15) is 5.26 Å². The van der Waals surface area contributed by atoms with Crippen LogP contribution in [-0.4, -0.2) is 35.5 Å². The van der Waals surface area contributed by atoms with Crippen LogP contribution in [-0.2, 0) is 11.2 Å². The lowest BCUT2D eigenvalue weighted by atomic mass is 9.96. The molecule has 6 nitrogen and oxygen atoms in total. The number of nitriles is 1. The van der Waals surface area contributed by atoms with Gasteiger partial charge in [0.05, 0.1) is 6.42 Å². The normalized spacial score (nSPS) is 14.6. The molecule has 27 heavy (non-hydrogen) atoms. The Balaban J connectivity index is 1.48. The summed E-state index contributed by atoms with van der Waals surface area (Å²) in [5.41, 5.74) is 0.546. The molecule has 1 N–H and O–H groups in total. The summed E-state index contributed by atoms with van der Waals surface area (Å²) in [4.78, 5) is 22.5. The summed E-state index contributed by atoms with van der Waals surface area (Å²) in [5.74, 6) is 0.216. The molecule has 1 aliphatic heterocycles. The molecule has 0 atom stereocenters. The fraction of sp³-hybridized carbons (Fsp3) is 0.368. The molecule has 0 bridgehead atoms. The topological polar surface area (TPSA) is 81.9 Å². The predicted octanol–water partition coefficient (Wildman–Crippen LogP) is 2.72. The molecule has 0 spiro atoms. The number of anilines is 1. The molecule has 8 heteroatoms. The van der Waals surface area contributed by atoms with Crippen LogP contribution >= 0.6 is 11.6 Å². The summed E-state index contributed by atoms with van der Waals surface area (Å²) in [6.45, 7) is 2.02. The van der Waals surface area contributed by atoms with Crippen molar-refractivity contribution in [1.82, 2.24) is 15.3 Å². The van der Waals surface area contributed by atoms with E-state index in [2.05, 4.69) is 21.4 Å². The summed E-state index contributed by atoms with van der Waals surface area (Å²) in [5, 5.41) is 12.3. The van der Waals surface area contributed by atoms with Crippen LogP contribution in [0.2, 0.25) is 5.02 Å². The molecule has 1 amide bonds. The van der Waals surface area contributed by atoms with E-state index in [4.69, 9.17) is 16.9 Å². The zero-order chi connectivity index (χ0) is 19.2. The molecule has 1 aromatic carbocycles. The smallest absolute Gasteiger partial charge is 0.224 e. The molecule has 0 radical (unpaired) electrons. The maximum Gasteiger partial charge on any atom is 0.224 e. The van der Waals surface area contributed by atoms with Crippen molar-refractivity contribution < 1.29 is 9.18 Å². The Morgan fingerprint density at radius 3 is 2.78 bits per heavy atom. The van der Waals surface area contributed by atoms with Crippen molar-refractivity contribution in [2.45, 2.75) is 19.3 Å². The second-order valence-electron chi connectivity index (χ2n) is 6.45.